The Morgan fingerprint density at radius 1 is 1.26 bits per heavy atom. The number of carbonyl (C=O) groups excluding carboxylic acids is 1. The van der Waals surface area contributed by atoms with Gasteiger partial charge in [-0.15, -0.1) is 11.3 Å². The fraction of sp³-hybridized carbons (Fsp3) is 0.524. The van der Waals surface area contributed by atoms with Crippen LogP contribution in [0.25, 0.3) is 0 Å². The average molecular weight is 386 g/mol. The fourth-order valence-electron chi connectivity index (χ4n) is 4.11. The number of aryl methyl sites for hydroxylation is 1. The number of likely N-dealkylation sites (tertiary alicyclic amines) is 1. The third kappa shape index (κ3) is 4.01. The maximum absolute atomic E-state index is 12.5. The van der Waals surface area contributed by atoms with E-state index in [0.717, 1.165) is 44.7 Å². The molecule has 4 rings (SSSR count). The number of nitrogens with zero attached hydrogens (tertiary/aromatic N) is 3. The van der Waals surface area contributed by atoms with Crippen LogP contribution in [-0.2, 0) is 11.3 Å². The summed E-state index contributed by atoms with van der Waals surface area (Å²) in [5, 5.41) is 0. The Balaban J connectivity index is 1.33. The Labute approximate surface area is 165 Å². The zero-order chi connectivity index (χ0) is 18.9. The Morgan fingerprint density at radius 3 is 2.67 bits per heavy atom. The van der Waals surface area contributed by atoms with Crippen molar-refractivity contribution in [1.82, 2.24) is 14.8 Å². The molecule has 0 radical (unpaired) electrons. The summed E-state index contributed by atoms with van der Waals surface area (Å²) in [6.45, 7) is 8.56. The quantitative estimate of drug-likeness (QED) is 0.779. The third-order valence-corrected chi connectivity index (χ3v) is 6.80. The highest BCUT2D eigenvalue weighted by molar-refractivity contribution is 7.09. The summed E-state index contributed by atoms with van der Waals surface area (Å²) >= 11 is 1.73. The van der Waals surface area contributed by atoms with Crippen molar-refractivity contribution < 1.29 is 9.53 Å². The maximum Gasteiger partial charge on any atom is 0.410 e. The first-order chi connectivity index (χ1) is 13.0. The van der Waals surface area contributed by atoms with Crippen molar-refractivity contribution in [2.45, 2.75) is 44.8 Å². The van der Waals surface area contributed by atoms with Crippen molar-refractivity contribution >= 4 is 17.4 Å². The molecule has 1 amide bonds. The highest BCUT2D eigenvalue weighted by Crippen LogP contribution is 2.35. The Bertz CT molecular complexity index is 784. The number of thiazole rings is 1. The molecule has 2 aromatic rings. The number of amides is 1. The zero-order valence-corrected chi connectivity index (χ0v) is 16.9. The van der Waals surface area contributed by atoms with Crippen molar-refractivity contribution in [3.63, 3.8) is 0 Å². The van der Waals surface area contributed by atoms with E-state index in [1.54, 1.807) is 11.3 Å². The van der Waals surface area contributed by atoms with Crippen LogP contribution in [0.15, 0.2) is 35.8 Å². The molecule has 1 atom stereocenters. The Hall–Kier alpha value is -1.92. The van der Waals surface area contributed by atoms with E-state index in [2.05, 4.69) is 48.0 Å². The molecule has 3 heterocycles. The van der Waals surface area contributed by atoms with Gasteiger partial charge in [0.25, 0.3) is 0 Å². The molecule has 27 heavy (non-hydrogen) atoms. The predicted molar refractivity (Wildman–Crippen MR) is 107 cm³/mol. The lowest BCUT2D eigenvalue weighted by molar-refractivity contribution is -0.00106. The number of ether oxygens (including phenoxy) is 1. The van der Waals surface area contributed by atoms with Gasteiger partial charge in [0, 0.05) is 43.9 Å². The van der Waals surface area contributed by atoms with E-state index in [9.17, 15) is 4.79 Å². The molecule has 2 saturated heterocycles. The highest BCUT2D eigenvalue weighted by Gasteiger charge is 2.47. The van der Waals surface area contributed by atoms with E-state index in [-0.39, 0.29) is 11.7 Å². The van der Waals surface area contributed by atoms with E-state index >= 15 is 0 Å². The minimum Gasteiger partial charge on any atom is -0.441 e. The number of hydrogen-bond acceptors (Lipinski definition) is 5. The fourth-order valence-corrected chi connectivity index (χ4v) is 4.93. The van der Waals surface area contributed by atoms with Crippen LogP contribution in [0.2, 0.25) is 0 Å². The average Bonchev–Trinajstić information content (AvgIpc) is 3.21. The van der Waals surface area contributed by atoms with Gasteiger partial charge in [-0.1, -0.05) is 37.3 Å². The molecule has 2 aliphatic rings. The van der Waals surface area contributed by atoms with Gasteiger partial charge in [-0.25, -0.2) is 9.78 Å². The summed E-state index contributed by atoms with van der Waals surface area (Å²) in [5.41, 5.74) is 4.02. The minimum atomic E-state index is -0.299. The van der Waals surface area contributed by atoms with Crippen molar-refractivity contribution in [2.24, 2.45) is 0 Å². The molecule has 0 unspecified atom stereocenters. The van der Waals surface area contributed by atoms with Gasteiger partial charge in [0.05, 0.1) is 17.7 Å². The van der Waals surface area contributed by atoms with Crippen LogP contribution in [0.5, 0.6) is 0 Å². The van der Waals surface area contributed by atoms with Crippen LogP contribution >= 0.6 is 11.3 Å². The molecule has 1 aromatic carbocycles. The standard InChI is InChI=1S/C21H27N3O2S/c1-16(18-6-4-3-5-7-18)12-24-14-21(26-20(24)25)8-10-23(11-9-21)13-19-17(2)22-15-27-19/h3-7,15-16H,8-14H2,1-2H3/t16-/m1/s1. The van der Waals surface area contributed by atoms with E-state index in [1.807, 2.05) is 16.5 Å². The molecular formula is C21H27N3O2S. The van der Waals surface area contributed by atoms with Crippen molar-refractivity contribution in [2.75, 3.05) is 26.2 Å². The number of aromatic nitrogens is 1. The van der Waals surface area contributed by atoms with Crippen molar-refractivity contribution in [1.29, 1.82) is 0 Å². The first kappa shape index (κ1) is 18.4. The second-order valence-electron chi connectivity index (χ2n) is 7.88. The van der Waals surface area contributed by atoms with Crippen LogP contribution in [0.1, 0.15) is 41.8 Å². The minimum absolute atomic E-state index is 0.149. The number of piperidine rings is 1. The van der Waals surface area contributed by atoms with Gasteiger partial charge in [-0.05, 0) is 18.4 Å². The molecule has 1 aromatic heterocycles. The SMILES string of the molecule is Cc1ncsc1CN1CCC2(CC1)CN(C[C@@H](C)c1ccccc1)C(=O)O2. The number of benzene rings is 1. The molecule has 0 saturated carbocycles. The van der Waals surface area contributed by atoms with E-state index in [4.69, 9.17) is 4.74 Å². The van der Waals surface area contributed by atoms with Gasteiger partial charge in [0.15, 0.2) is 0 Å². The van der Waals surface area contributed by atoms with Gasteiger partial charge >= 0.3 is 6.09 Å². The molecule has 6 heteroatoms. The number of carbonyl (C=O) groups is 1. The molecule has 5 nitrogen and oxygen atoms in total. The number of hydrogen-bond donors (Lipinski definition) is 0. The molecule has 0 bridgehead atoms. The smallest absolute Gasteiger partial charge is 0.410 e. The van der Waals surface area contributed by atoms with Gasteiger partial charge < -0.3 is 9.64 Å². The summed E-state index contributed by atoms with van der Waals surface area (Å²) < 4.78 is 5.90. The Morgan fingerprint density at radius 2 is 2.00 bits per heavy atom. The monoisotopic (exact) mass is 385 g/mol. The molecule has 144 valence electrons. The topological polar surface area (TPSA) is 45.7 Å². The Kier molecular flexibility index (Phi) is 5.19. The molecular weight excluding hydrogens is 358 g/mol. The molecule has 2 fully saturated rings. The van der Waals surface area contributed by atoms with Gasteiger partial charge in [0.2, 0.25) is 0 Å². The molecule has 2 aliphatic heterocycles. The molecule has 0 aliphatic carbocycles. The second kappa shape index (κ2) is 7.60. The summed E-state index contributed by atoms with van der Waals surface area (Å²) in [6.07, 6.45) is 1.67. The molecule has 1 spiro atoms. The van der Waals surface area contributed by atoms with Crippen molar-refractivity contribution in [3.05, 3.63) is 52.0 Å². The summed E-state index contributed by atoms with van der Waals surface area (Å²) in [4.78, 5) is 22.5. The van der Waals surface area contributed by atoms with Crippen LogP contribution in [0.3, 0.4) is 0 Å². The van der Waals surface area contributed by atoms with Crippen LogP contribution in [0.4, 0.5) is 4.79 Å². The van der Waals surface area contributed by atoms with E-state index in [0.29, 0.717) is 12.5 Å². The van der Waals surface area contributed by atoms with E-state index < -0.39 is 0 Å². The van der Waals surface area contributed by atoms with Gasteiger partial charge in [-0.2, -0.15) is 0 Å². The summed E-state index contributed by atoms with van der Waals surface area (Å²) in [6, 6.07) is 10.4. The van der Waals surface area contributed by atoms with Gasteiger partial charge in [-0.3, -0.25) is 4.90 Å². The lowest BCUT2D eigenvalue weighted by atomic mass is 9.91. The van der Waals surface area contributed by atoms with Crippen LogP contribution in [0, 0.1) is 6.92 Å². The van der Waals surface area contributed by atoms with Crippen LogP contribution in [-0.4, -0.2) is 52.7 Å². The summed E-state index contributed by atoms with van der Waals surface area (Å²) in [7, 11) is 0. The summed E-state index contributed by atoms with van der Waals surface area (Å²) in [5.74, 6) is 0.309. The first-order valence-electron chi connectivity index (χ1n) is 9.69. The second-order valence-corrected chi connectivity index (χ2v) is 8.82. The highest BCUT2D eigenvalue weighted by atomic mass is 32.1. The third-order valence-electron chi connectivity index (χ3n) is 5.88. The lowest BCUT2D eigenvalue weighted by Crippen LogP contribution is -2.46. The maximum atomic E-state index is 12.5. The largest absolute Gasteiger partial charge is 0.441 e. The first-order valence-corrected chi connectivity index (χ1v) is 10.6. The van der Waals surface area contributed by atoms with Crippen LogP contribution < -0.4 is 0 Å². The lowest BCUT2D eigenvalue weighted by Gasteiger charge is -2.37. The van der Waals surface area contributed by atoms with Gasteiger partial charge in [0.1, 0.15) is 5.60 Å². The number of rotatable bonds is 5. The molecule has 0 N–H and O–H groups in total. The van der Waals surface area contributed by atoms with Crippen molar-refractivity contribution in [3.8, 4) is 0 Å². The predicted octanol–water partition coefficient (Wildman–Crippen LogP) is 4.04. The zero-order valence-electron chi connectivity index (χ0n) is 16.1. The normalized spacial score (nSPS) is 20.8. The van der Waals surface area contributed by atoms with E-state index in [1.165, 1.54) is 10.4 Å².